The number of amides is 1. The minimum Gasteiger partial charge on any atom is -0.493 e. The van der Waals surface area contributed by atoms with Gasteiger partial charge in [0.25, 0.3) is 5.91 Å². The first-order valence-corrected chi connectivity index (χ1v) is 14.3. The molecule has 0 saturated carbocycles. The summed E-state index contributed by atoms with van der Waals surface area (Å²) in [4.78, 5) is 43.6. The van der Waals surface area contributed by atoms with Crippen LogP contribution in [0.25, 0.3) is 33.4 Å². The first-order chi connectivity index (χ1) is 22.4. The number of benzene rings is 3. The average molecular weight is 641 g/mol. The van der Waals surface area contributed by atoms with E-state index in [0.29, 0.717) is 22.6 Å². The van der Waals surface area contributed by atoms with Crippen LogP contribution in [0.3, 0.4) is 0 Å². The van der Waals surface area contributed by atoms with Gasteiger partial charge < -0.3 is 30.2 Å². The molecule has 10 nitrogen and oxygen atoms in total. The second kappa shape index (κ2) is 13.1. The maximum Gasteiger partial charge on any atom is 0.353 e. The molecule has 2 aromatic heterocycles. The number of halogens is 2. The molecular formula is C35H30F2N4O6. The number of nitrogens with zero attached hydrogens (tertiary/aromatic N) is 2. The molecule has 0 aliphatic heterocycles. The van der Waals surface area contributed by atoms with Gasteiger partial charge in [0, 0.05) is 40.8 Å². The number of pyridine rings is 2. The molecule has 0 saturated heterocycles. The number of methoxy groups -OCH3 is 2. The van der Waals surface area contributed by atoms with Gasteiger partial charge in [-0.3, -0.25) is 9.59 Å². The van der Waals surface area contributed by atoms with Crippen molar-refractivity contribution in [3.8, 4) is 44.9 Å². The summed E-state index contributed by atoms with van der Waals surface area (Å²) in [6, 6.07) is 15.1. The maximum atomic E-state index is 15.6. The number of hydrogen-bond acceptors (Lipinski definition) is 7. The van der Waals surface area contributed by atoms with Crippen LogP contribution >= 0.6 is 0 Å². The van der Waals surface area contributed by atoms with Gasteiger partial charge in [-0.2, -0.15) is 0 Å². The Morgan fingerprint density at radius 2 is 1.57 bits per heavy atom. The number of aromatic carboxylic acids is 1. The number of hydrogen-bond donors (Lipinski definition) is 3. The third-order valence-corrected chi connectivity index (χ3v) is 7.52. The van der Waals surface area contributed by atoms with Crippen LogP contribution in [-0.2, 0) is 0 Å². The molecule has 0 spiro atoms. The van der Waals surface area contributed by atoms with E-state index in [9.17, 15) is 23.9 Å². The first-order valence-electron chi connectivity index (χ1n) is 14.3. The number of carboxylic acids is 1. The Labute approximate surface area is 268 Å². The summed E-state index contributed by atoms with van der Waals surface area (Å²) in [5, 5.41) is 12.5. The van der Waals surface area contributed by atoms with Crippen molar-refractivity contribution in [1.29, 1.82) is 0 Å². The number of rotatable bonds is 9. The number of nitrogens with one attached hydrogen (secondary N) is 1. The van der Waals surface area contributed by atoms with E-state index in [4.69, 9.17) is 15.2 Å². The number of carboxylic acid groups (broad SMARTS) is 1. The van der Waals surface area contributed by atoms with Crippen LogP contribution < -0.4 is 26.0 Å². The number of aromatic nitrogens is 2. The van der Waals surface area contributed by atoms with Gasteiger partial charge in [-0.05, 0) is 73.5 Å². The molecule has 2 heterocycles. The highest BCUT2D eigenvalue weighted by molar-refractivity contribution is 6.06. The average Bonchev–Trinajstić information content (AvgIpc) is 3.05. The summed E-state index contributed by atoms with van der Waals surface area (Å²) in [6.07, 6.45) is 2.70. The molecule has 5 aromatic rings. The first kappa shape index (κ1) is 32.4. The van der Waals surface area contributed by atoms with Crippen molar-refractivity contribution >= 4 is 23.4 Å². The van der Waals surface area contributed by atoms with E-state index >= 15 is 4.39 Å². The summed E-state index contributed by atoms with van der Waals surface area (Å²) < 4.78 is 41.2. The van der Waals surface area contributed by atoms with Crippen molar-refractivity contribution in [3.05, 3.63) is 112 Å². The standard InChI is InChI=1S/C35H30F2N4O6/c1-18(2)41-17-26(32(42)30(31(41)35(44)45)19-5-8-22(36)9-6-19)34(43)40-23-10-11-24(27(37)15-23)25-13-21(16-39-33(25)38)20-7-12-28(46-3)29(14-20)47-4/h5-18H,1-4H3,(H2,38,39)(H,40,43)(H,44,45). The van der Waals surface area contributed by atoms with Crippen LogP contribution in [0.5, 0.6) is 11.5 Å². The van der Waals surface area contributed by atoms with Crippen LogP contribution in [0.2, 0.25) is 0 Å². The molecule has 0 aliphatic rings. The highest BCUT2D eigenvalue weighted by Crippen LogP contribution is 2.36. The summed E-state index contributed by atoms with van der Waals surface area (Å²) in [7, 11) is 3.04. The van der Waals surface area contributed by atoms with Crippen LogP contribution in [0, 0.1) is 11.6 Å². The Morgan fingerprint density at radius 1 is 0.894 bits per heavy atom. The molecule has 47 heavy (non-hydrogen) atoms. The number of nitrogens with two attached hydrogens (primary N) is 1. The van der Waals surface area contributed by atoms with E-state index in [1.54, 1.807) is 44.3 Å². The lowest BCUT2D eigenvalue weighted by Crippen LogP contribution is -2.29. The Bertz CT molecular complexity index is 2080. The fraction of sp³-hybridized carbons (Fsp3) is 0.143. The number of nitrogen functional groups attached to an aromatic ring is 1. The lowest BCUT2D eigenvalue weighted by atomic mass is 9.99. The lowest BCUT2D eigenvalue weighted by molar-refractivity contribution is 0.0682. The van der Waals surface area contributed by atoms with Gasteiger partial charge in [-0.25, -0.2) is 18.6 Å². The molecule has 0 atom stereocenters. The summed E-state index contributed by atoms with van der Waals surface area (Å²) >= 11 is 0. The van der Waals surface area contributed by atoms with E-state index in [-0.39, 0.29) is 39.5 Å². The van der Waals surface area contributed by atoms with Crippen molar-refractivity contribution in [2.45, 2.75) is 19.9 Å². The molecule has 12 heteroatoms. The monoisotopic (exact) mass is 640 g/mol. The van der Waals surface area contributed by atoms with Gasteiger partial charge in [0.2, 0.25) is 5.43 Å². The summed E-state index contributed by atoms with van der Waals surface area (Å²) in [5.74, 6) is -2.50. The molecule has 0 radical (unpaired) electrons. The van der Waals surface area contributed by atoms with Crippen LogP contribution in [0.15, 0.2) is 83.9 Å². The normalized spacial score (nSPS) is 11.0. The van der Waals surface area contributed by atoms with E-state index < -0.39 is 35.0 Å². The van der Waals surface area contributed by atoms with Gasteiger partial charge in [0.15, 0.2) is 11.5 Å². The van der Waals surface area contributed by atoms with Gasteiger partial charge in [0.05, 0.1) is 19.8 Å². The van der Waals surface area contributed by atoms with Crippen LogP contribution in [0.1, 0.15) is 40.7 Å². The molecule has 4 N–H and O–H groups in total. The topological polar surface area (TPSA) is 146 Å². The Hall–Kier alpha value is -6.04. The molecule has 0 bridgehead atoms. The van der Waals surface area contributed by atoms with Crippen molar-refractivity contribution in [3.63, 3.8) is 0 Å². The zero-order chi connectivity index (χ0) is 34.0. The third-order valence-electron chi connectivity index (χ3n) is 7.52. The van der Waals surface area contributed by atoms with E-state index in [1.165, 1.54) is 43.1 Å². The predicted octanol–water partition coefficient (Wildman–Crippen LogP) is 6.65. The molecule has 0 unspecified atom stereocenters. The minimum absolute atomic E-state index is 0.0277. The van der Waals surface area contributed by atoms with Gasteiger partial charge in [-0.15, -0.1) is 0 Å². The quantitative estimate of drug-likeness (QED) is 0.162. The van der Waals surface area contributed by atoms with Crippen molar-refractivity contribution in [2.24, 2.45) is 0 Å². The molecule has 0 fully saturated rings. The number of carbonyl (C=O) groups is 2. The number of anilines is 2. The fourth-order valence-electron chi connectivity index (χ4n) is 5.18. The predicted molar refractivity (Wildman–Crippen MR) is 174 cm³/mol. The Balaban J connectivity index is 1.51. The zero-order valence-corrected chi connectivity index (χ0v) is 25.8. The fourth-order valence-corrected chi connectivity index (χ4v) is 5.18. The molecule has 5 rings (SSSR count). The third kappa shape index (κ3) is 6.39. The van der Waals surface area contributed by atoms with Crippen molar-refractivity contribution in [2.75, 3.05) is 25.3 Å². The number of ether oxygens (including phenoxy) is 2. The van der Waals surface area contributed by atoms with E-state index in [1.807, 2.05) is 0 Å². The summed E-state index contributed by atoms with van der Waals surface area (Å²) in [6.45, 7) is 3.36. The molecule has 3 aromatic carbocycles. The highest BCUT2D eigenvalue weighted by atomic mass is 19.1. The lowest BCUT2D eigenvalue weighted by Gasteiger charge is -2.20. The minimum atomic E-state index is -1.40. The largest absolute Gasteiger partial charge is 0.493 e. The van der Waals surface area contributed by atoms with Gasteiger partial charge in [-0.1, -0.05) is 18.2 Å². The Morgan fingerprint density at radius 3 is 2.19 bits per heavy atom. The molecule has 0 aliphatic carbocycles. The second-order valence-electron chi connectivity index (χ2n) is 10.8. The zero-order valence-electron chi connectivity index (χ0n) is 25.8. The molecular weight excluding hydrogens is 610 g/mol. The van der Waals surface area contributed by atoms with E-state index in [0.717, 1.165) is 30.0 Å². The number of carbonyl (C=O) groups excluding carboxylic acids is 1. The Kier molecular flexibility index (Phi) is 9.04. The van der Waals surface area contributed by atoms with Gasteiger partial charge in [0.1, 0.15) is 28.7 Å². The second-order valence-corrected chi connectivity index (χ2v) is 10.8. The smallest absolute Gasteiger partial charge is 0.353 e. The van der Waals surface area contributed by atoms with Crippen LogP contribution in [0.4, 0.5) is 20.3 Å². The SMILES string of the molecule is COc1ccc(-c2cnc(N)c(-c3ccc(NC(=O)c4cn(C(C)C)c(C(=O)O)c(-c5ccc(F)cc5)c4=O)cc3F)c2)cc1OC. The van der Waals surface area contributed by atoms with E-state index in [2.05, 4.69) is 10.3 Å². The van der Waals surface area contributed by atoms with Crippen LogP contribution in [-0.4, -0.2) is 40.8 Å². The molecule has 240 valence electrons. The maximum absolute atomic E-state index is 15.6. The summed E-state index contributed by atoms with van der Waals surface area (Å²) in [5.41, 5.74) is 6.15. The van der Waals surface area contributed by atoms with Gasteiger partial charge >= 0.3 is 5.97 Å². The molecule has 1 amide bonds. The highest BCUT2D eigenvalue weighted by Gasteiger charge is 2.26. The van der Waals surface area contributed by atoms with Crippen molar-refractivity contribution in [1.82, 2.24) is 9.55 Å². The van der Waals surface area contributed by atoms with Crippen molar-refractivity contribution < 1.29 is 33.0 Å².